The van der Waals surface area contributed by atoms with Crippen molar-refractivity contribution in [1.29, 1.82) is 0 Å². The maximum atomic E-state index is 6.66. The number of hydrogen-bond donors (Lipinski definition) is 0. The first kappa shape index (κ1) is 25.4. The fraction of sp³-hybridized carbons (Fsp3) is 0.0222. The van der Waals surface area contributed by atoms with E-state index in [0.717, 1.165) is 22.6 Å². The normalized spacial score (nSPS) is 15.7. The van der Waals surface area contributed by atoms with Crippen LogP contribution in [0.1, 0.15) is 22.3 Å². The molecule has 46 heavy (non-hydrogen) atoms. The number of fused-ring (bicyclic) bond motifs is 7. The lowest BCUT2D eigenvalue weighted by Gasteiger charge is -2.36. The summed E-state index contributed by atoms with van der Waals surface area (Å²) in [7, 11) is 0. The molecule has 8 aromatic rings. The van der Waals surface area contributed by atoms with Crippen molar-refractivity contribution < 1.29 is 4.74 Å². The molecule has 1 aliphatic carbocycles. The fourth-order valence-corrected chi connectivity index (χ4v) is 8.31. The molecule has 214 valence electrons. The largest absolute Gasteiger partial charge is 0.456 e. The van der Waals surface area contributed by atoms with Crippen molar-refractivity contribution in [2.75, 3.05) is 0 Å². The molecule has 0 amide bonds. The van der Waals surface area contributed by atoms with Crippen LogP contribution in [0.4, 0.5) is 0 Å². The van der Waals surface area contributed by atoms with Gasteiger partial charge >= 0.3 is 0 Å². The van der Waals surface area contributed by atoms with E-state index in [-0.39, 0.29) is 0 Å². The number of rotatable bonds is 3. The second-order valence-corrected chi connectivity index (χ2v) is 12.4. The van der Waals surface area contributed by atoms with Crippen molar-refractivity contribution in [3.63, 3.8) is 0 Å². The third kappa shape index (κ3) is 3.35. The van der Waals surface area contributed by atoms with Gasteiger partial charge in [-0.05, 0) is 84.4 Å². The molecule has 10 rings (SSSR count). The summed E-state index contributed by atoms with van der Waals surface area (Å²) >= 11 is 0. The molecule has 1 nitrogen and oxygen atoms in total. The van der Waals surface area contributed by atoms with Crippen molar-refractivity contribution in [3.8, 4) is 44.9 Å². The highest BCUT2D eigenvalue weighted by molar-refractivity contribution is 6.06. The Morgan fingerprint density at radius 3 is 1.91 bits per heavy atom. The Balaban J connectivity index is 1.33. The van der Waals surface area contributed by atoms with Crippen molar-refractivity contribution in [3.05, 3.63) is 192 Å². The van der Waals surface area contributed by atoms with Gasteiger partial charge in [0.2, 0.25) is 0 Å². The van der Waals surface area contributed by atoms with Crippen molar-refractivity contribution in [1.82, 2.24) is 0 Å². The van der Waals surface area contributed by atoms with Crippen LogP contribution in [-0.2, 0) is 5.41 Å². The molecule has 0 radical (unpaired) electrons. The minimum atomic E-state index is -0.536. The lowest BCUT2D eigenvalue weighted by molar-refractivity contribution is 0.487. The van der Waals surface area contributed by atoms with E-state index in [1.165, 1.54) is 66.1 Å². The summed E-state index contributed by atoms with van der Waals surface area (Å²) in [6.45, 7) is 0. The molecule has 1 heteroatoms. The molecule has 1 aliphatic heterocycles. The second-order valence-electron chi connectivity index (χ2n) is 12.4. The number of hydrogen-bond acceptors (Lipinski definition) is 1. The van der Waals surface area contributed by atoms with E-state index in [1.807, 2.05) is 6.07 Å². The molecule has 0 N–H and O–H groups in total. The predicted molar refractivity (Wildman–Crippen MR) is 190 cm³/mol. The SMILES string of the molecule is c1ccc(C2(c3ccccc3-c3cc4c5c(cccc5c3)-c3ccccc3O4)c3ccccc3-c3ccc4ccccc4c32)cc1. The van der Waals surface area contributed by atoms with Gasteiger partial charge in [0.05, 0.1) is 5.41 Å². The highest BCUT2D eigenvalue weighted by atomic mass is 16.5. The zero-order valence-corrected chi connectivity index (χ0v) is 25.1. The smallest absolute Gasteiger partial charge is 0.136 e. The maximum Gasteiger partial charge on any atom is 0.136 e. The van der Waals surface area contributed by atoms with E-state index in [0.29, 0.717) is 0 Å². The molecule has 0 saturated heterocycles. The van der Waals surface area contributed by atoms with Crippen LogP contribution in [0.5, 0.6) is 11.5 Å². The molecule has 0 bridgehead atoms. The standard InChI is InChI=1S/C45H28O/c1-2-15-32(16-3-1)45(40-23-10-7-19-35(40)38-26-25-29-13-4-5-18-34(29)44(38)45)39-22-9-6-17-33(39)31-27-30-14-12-21-37-36-20-8-11-24-41(36)46-42(28-31)43(30)37/h1-28H. The average Bonchev–Trinajstić information content (AvgIpc) is 3.43. The molecule has 1 heterocycles. The Morgan fingerprint density at radius 1 is 0.391 bits per heavy atom. The predicted octanol–water partition coefficient (Wildman–Crippen LogP) is 11.8. The van der Waals surface area contributed by atoms with Crippen LogP contribution in [0, 0.1) is 0 Å². The molecule has 0 saturated carbocycles. The van der Waals surface area contributed by atoms with Gasteiger partial charge in [0.15, 0.2) is 0 Å². The summed E-state index contributed by atoms with van der Waals surface area (Å²) in [6.07, 6.45) is 0. The van der Waals surface area contributed by atoms with Gasteiger partial charge in [0.25, 0.3) is 0 Å². The van der Waals surface area contributed by atoms with Gasteiger partial charge in [0.1, 0.15) is 11.5 Å². The van der Waals surface area contributed by atoms with Crippen LogP contribution >= 0.6 is 0 Å². The first-order valence-electron chi connectivity index (χ1n) is 15.9. The Hall–Kier alpha value is -5.92. The molecule has 0 fully saturated rings. The summed E-state index contributed by atoms with van der Waals surface area (Å²) in [4.78, 5) is 0. The van der Waals surface area contributed by atoms with Crippen molar-refractivity contribution >= 4 is 21.5 Å². The van der Waals surface area contributed by atoms with E-state index >= 15 is 0 Å². The zero-order valence-electron chi connectivity index (χ0n) is 25.1. The van der Waals surface area contributed by atoms with Crippen LogP contribution in [0.15, 0.2) is 170 Å². The summed E-state index contributed by atoms with van der Waals surface area (Å²) in [5.41, 5.74) is 12.0. The third-order valence-corrected chi connectivity index (χ3v) is 10.1. The van der Waals surface area contributed by atoms with Gasteiger partial charge in [0, 0.05) is 10.9 Å². The fourth-order valence-electron chi connectivity index (χ4n) is 8.31. The zero-order chi connectivity index (χ0) is 30.2. The summed E-state index contributed by atoms with van der Waals surface area (Å²) < 4.78 is 6.66. The summed E-state index contributed by atoms with van der Waals surface area (Å²) in [6, 6.07) is 62.1. The minimum Gasteiger partial charge on any atom is -0.456 e. The van der Waals surface area contributed by atoms with Crippen molar-refractivity contribution in [2.24, 2.45) is 0 Å². The third-order valence-electron chi connectivity index (χ3n) is 10.1. The number of ether oxygens (including phenoxy) is 1. The van der Waals surface area contributed by atoms with E-state index in [2.05, 4.69) is 164 Å². The van der Waals surface area contributed by atoms with Gasteiger partial charge in [-0.2, -0.15) is 0 Å². The van der Waals surface area contributed by atoms with Crippen LogP contribution in [0.3, 0.4) is 0 Å². The van der Waals surface area contributed by atoms with Crippen LogP contribution in [0.2, 0.25) is 0 Å². The molecule has 0 aromatic heterocycles. The van der Waals surface area contributed by atoms with Gasteiger partial charge in [-0.25, -0.2) is 0 Å². The van der Waals surface area contributed by atoms with Gasteiger partial charge < -0.3 is 4.74 Å². The van der Waals surface area contributed by atoms with E-state index < -0.39 is 5.41 Å². The van der Waals surface area contributed by atoms with E-state index in [1.54, 1.807) is 0 Å². The lowest BCUT2D eigenvalue weighted by Crippen LogP contribution is -2.29. The van der Waals surface area contributed by atoms with Gasteiger partial charge in [-0.3, -0.25) is 0 Å². The Kier molecular flexibility index (Phi) is 5.27. The molecule has 8 aromatic carbocycles. The van der Waals surface area contributed by atoms with Crippen LogP contribution in [-0.4, -0.2) is 0 Å². The van der Waals surface area contributed by atoms with Gasteiger partial charge in [-0.15, -0.1) is 0 Å². The first-order chi connectivity index (χ1) is 22.8. The maximum absolute atomic E-state index is 6.66. The number of para-hydroxylation sites is 1. The number of benzene rings is 8. The summed E-state index contributed by atoms with van der Waals surface area (Å²) in [5, 5.41) is 4.89. The van der Waals surface area contributed by atoms with E-state index in [4.69, 9.17) is 4.74 Å². The molecule has 1 unspecified atom stereocenters. The Labute approximate surface area is 268 Å². The highest BCUT2D eigenvalue weighted by Crippen LogP contribution is 2.60. The summed E-state index contributed by atoms with van der Waals surface area (Å²) in [5.74, 6) is 1.81. The molecule has 2 aliphatic rings. The quantitative estimate of drug-likeness (QED) is 0.201. The average molecular weight is 585 g/mol. The first-order valence-corrected chi connectivity index (χ1v) is 15.9. The topological polar surface area (TPSA) is 9.23 Å². The van der Waals surface area contributed by atoms with Gasteiger partial charge in [-0.1, -0.05) is 152 Å². The molecule has 0 spiro atoms. The Bertz CT molecular complexity index is 2510. The van der Waals surface area contributed by atoms with Crippen LogP contribution < -0.4 is 4.74 Å². The van der Waals surface area contributed by atoms with Crippen molar-refractivity contribution in [2.45, 2.75) is 5.41 Å². The second kappa shape index (κ2) is 9.54. The molecular formula is C45H28O. The lowest BCUT2D eigenvalue weighted by atomic mass is 9.65. The Morgan fingerprint density at radius 2 is 1.04 bits per heavy atom. The highest BCUT2D eigenvalue weighted by Gasteiger charge is 2.48. The van der Waals surface area contributed by atoms with Crippen LogP contribution in [0.25, 0.3) is 54.9 Å². The molecular weight excluding hydrogens is 556 g/mol. The molecule has 1 atom stereocenters. The monoisotopic (exact) mass is 584 g/mol. The van der Waals surface area contributed by atoms with E-state index in [9.17, 15) is 0 Å². The minimum absolute atomic E-state index is 0.536.